The Kier molecular flexibility index (Phi) is 7.80. The first-order valence-electron chi connectivity index (χ1n) is 9.43. The summed E-state index contributed by atoms with van der Waals surface area (Å²) in [6.45, 7) is 6.66. The minimum atomic E-state index is -1.02. The maximum absolute atomic E-state index is 12.4. The summed E-state index contributed by atoms with van der Waals surface area (Å²) in [4.78, 5) is 35.8. The van der Waals surface area contributed by atoms with Gasteiger partial charge in [-0.1, -0.05) is 0 Å². The second kappa shape index (κ2) is 10.3. The molecule has 0 aliphatic heterocycles. The number of esters is 1. The van der Waals surface area contributed by atoms with Gasteiger partial charge in [0.05, 0.1) is 18.8 Å². The van der Waals surface area contributed by atoms with E-state index in [4.69, 9.17) is 14.2 Å². The molecular formula is C22H26N2O6. The summed E-state index contributed by atoms with van der Waals surface area (Å²) in [6, 6.07) is 11.3. The Hall–Kier alpha value is -3.55. The summed E-state index contributed by atoms with van der Waals surface area (Å²) in [5, 5.41) is 5.29. The van der Waals surface area contributed by atoms with Crippen LogP contribution in [0.2, 0.25) is 0 Å². The lowest BCUT2D eigenvalue weighted by molar-refractivity contribution is -0.123. The number of anilines is 2. The van der Waals surface area contributed by atoms with Crippen LogP contribution in [0, 0.1) is 0 Å². The van der Waals surface area contributed by atoms with Gasteiger partial charge in [0.15, 0.2) is 17.6 Å². The van der Waals surface area contributed by atoms with Gasteiger partial charge >= 0.3 is 5.97 Å². The Morgan fingerprint density at radius 2 is 1.47 bits per heavy atom. The van der Waals surface area contributed by atoms with Crippen molar-refractivity contribution in [1.29, 1.82) is 0 Å². The van der Waals surface area contributed by atoms with Gasteiger partial charge < -0.3 is 24.8 Å². The second-order valence-electron chi connectivity index (χ2n) is 6.83. The van der Waals surface area contributed by atoms with Crippen LogP contribution < -0.4 is 20.1 Å². The van der Waals surface area contributed by atoms with E-state index in [9.17, 15) is 14.4 Å². The van der Waals surface area contributed by atoms with Crippen LogP contribution in [-0.4, -0.2) is 37.1 Å². The van der Waals surface area contributed by atoms with Crippen molar-refractivity contribution in [3.05, 3.63) is 48.0 Å². The van der Waals surface area contributed by atoms with Crippen molar-refractivity contribution in [2.24, 2.45) is 0 Å². The van der Waals surface area contributed by atoms with Crippen molar-refractivity contribution in [2.75, 3.05) is 17.7 Å². The first-order valence-corrected chi connectivity index (χ1v) is 9.43. The Morgan fingerprint density at radius 1 is 0.867 bits per heavy atom. The highest BCUT2D eigenvalue weighted by Gasteiger charge is 2.20. The average molecular weight is 414 g/mol. The first-order chi connectivity index (χ1) is 14.2. The minimum absolute atomic E-state index is 0.0484. The molecule has 0 radical (unpaired) electrons. The number of hydrogen-bond donors (Lipinski definition) is 2. The fourth-order valence-corrected chi connectivity index (χ4v) is 2.51. The maximum Gasteiger partial charge on any atom is 0.339 e. The second-order valence-corrected chi connectivity index (χ2v) is 6.83. The Morgan fingerprint density at radius 3 is 2.00 bits per heavy atom. The molecule has 160 valence electrons. The number of hydrogen-bond acceptors (Lipinski definition) is 6. The van der Waals surface area contributed by atoms with Gasteiger partial charge in [-0.2, -0.15) is 0 Å². The van der Waals surface area contributed by atoms with Crippen LogP contribution in [-0.2, 0) is 14.3 Å². The van der Waals surface area contributed by atoms with Crippen LogP contribution in [0.15, 0.2) is 42.5 Å². The van der Waals surface area contributed by atoms with Crippen LogP contribution in [0.3, 0.4) is 0 Å². The molecule has 8 nitrogen and oxygen atoms in total. The van der Waals surface area contributed by atoms with Crippen LogP contribution in [0.25, 0.3) is 0 Å². The smallest absolute Gasteiger partial charge is 0.339 e. The molecular weight excluding hydrogens is 388 g/mol. The van der Waals surface area contributed by atoms with E-state index in [1.165, 1.54) is 27.0 Å². The van der Waals surface area contributed by atoms with Gasteiger partial charge in [-0.3, -0.25) is 9.59 Å². The third-order valence-corrected chi connectivity index (χ3v) is 3.89. The topological polar surface area (TPSA) is 103 Å². The van der Waals surface area contributed by atoms with Crippen molar-refractivity contribution < 1.29 is 28.6 Å². The summed E-state index contributed by atoms with van der Waals surface area (Å²) in [5.74, 6) is -0.421. The molecule has 0 fully saturated rings. The van der Waals surface area contributed by atoms with Gasteiger partial charge in [-0.25, -0.2) is 4.79 Å². The van der Waals surface area contributed by atoms with Crippen LogP contribution in [0.4, 0.5) is 11.4 Å². The summed E-state index contributed by atoms with van der Waals surface area (Å²) in [5.41, 5.74) is 1.36. The molecule has 1 atom stereocenters. The quantitative estimate of drug-likeness (QED) is 0.640. The molecule has 2 rings (SSSR count). The highest BCUT2D eigenvalue weighted by atomic mass is 16.5. The molecule has 0 spiro atoms. The van der Waals surface area contributed by atoms with Crippen LogP contribution in [0.5, 0.6) is 11.5 Å². The molecule has 30 heavy (non-hydrogen) atoms. The number of ether oxygens (including phenoxy) is 3. The first kappa shape index (κ1) is 22.7. The van der Waals surface area contributed by atoms with E-state index in [-0.39, 0.29) is 17.6 Å². The molecule has 0 heterocycles. The monoisotopic (exact) mass is 414 g/mol. The Balaban J connectivity index is 1.99. The summed E-state index contributed by atoms with van der Waals surface area (Å²) in [6.07, 6.45) is -1.07. The van der Waals surface area contributed by atoms with Gasteiger partial charge in [0.2, 0.25) is 5.91 Å². The number of rotatable bonds is 8. The molecule has 0 aromatic heterocycles. The van der Waals surface area contributed by atoms with E-state index in [1.807, 2.05) is 13.8 Å². The van der Waals surface area contributed by atoms with Crippen molar-refractivity contribution in [3.8, 4) is 11.5 Å². The predicted molar refractivity (Wildman–Crippen MR) is 113 cm³/mol. The molecule has 2 N–H and O–H groups in total. The lowest BCUT2D eigenvalue weighted by atomic mass is 10.2. The standard InChI is InChI=1S/C22H26N2O6/c1-13(2)29-19-11-6-16(12-20(19)28-5)22(27)30-14(3)21(26)24-18-9-7-17(8-10-18)23-15(4)25/h6-14H,1-5H3,(H,23,25)(H,24,26). The Bertz CT molecular complexity index is 908. The normalized spacial score (nSPS) is 11.4. The van der Waals surface area contributed by atoms with E-state index in [0.717, 1.165) is 0 Å². The average Bonchev–Trinajstić information content (AvgIpc) is 2.68. The van der Waals surface area contributed by atoms with Crippen LogP contribution >= 0.6 is 0 Å². The zero-order valence-electron chi connectivity index (χ0n) is 17.6. The zero-order chi connectivity index (χ0) is 22.3. The van der Waals surface area contributed by atoms with E-state index >= 15 is 0 Å². The maximum atomic E-state index is 12.4. The lowest BCUT2D eigenvalue weighted by Gasteiger charge is -2.16. The van der Waals surface area contributed by atoms with Crippen LogP contribution in [0.1, 0.15) is 38.1 Å². The largest absolute Gasteiger partial charge is 0.493 e. The third kappa shape index (κ3) is 6.51. The third-order valence-electron chi connectivity index (χ3n) is 3.89. The fourth-order valence-electron chi connectivity index (χ4n) is 2.51. The predicted octanol–water partition coefficient (Wildman–Crippen LogP) is 3.62. The molecule has 8 heteroatoms. The minimum Gasteiger partial charge on any atom is -0.493 e. The molecule has 0 saturated carbocycles. The van der Waals surface area contributed by atoms with E-state index in [0.29, 0.717) is 22.9 Å². The van der Waals surface area contributed by atoms with E-state index in [2.05, 4.69) is 10.6 Å². The zero-order valence-corrected chi connectivity index (χ0v) is 17.6. The number of nitrogens with one attached hydrogen (secondary N) is 2. The van der Waals surface area contributed by atoms with Gasteiger partial charge in [0.1, 0.15) is 0 Å². The van der Waals surface area contributed by atoms with Crippen molar-refractivity contribution in [2.45, 2.75) is 39.9 Å². The summed E-state index contributed by atoms with van der Waals surface area (Å²) < 4.78 is 16.1. The van der Waals surface area contributed by atoms with Crippen molar-refractivity contribution >= 4 is 29.2 Å². The number of methoxy groups -OCH3 is 1. The molecule has 0 bridgehead atoms. The number of carbonyl (C=O) groups excluding carboxylic acids is 3. The van der Waals surface area contributed by atoms with Gasteiger partial charge in [0.25, 0.3) is 5.91 Å². The van der Waals surface area contributed by atoms with Gasteiger partial charge in [-0.15, -0.1) is 0 Å². The summed E-state index contributed by atoms with van der Waals surface area (Å²) in [7, 11) is 1.48. The van der Waals surface area contributed by atoms with E-state index < -0.39 is 18.0 Å². The molecule has 0 saturated heterocycles. The van der Waals surface area contributed by atoms with Crippen molar-refractivity contribution in [1.82, 2.24) is 0 Å². The fraction of sp³-hybridized carbons (Fsp3) is 0.318. The number of carbonyl (C=O) groups is 3. The molecule has 0 aliphatic carbocycles. The number of amides is 2. The summed E-state index contributed by atoms with van der Waals surface area (Å²) >= 11 is 0. The van der Waals surface area contributed by atoms with Gasteiger partial charge in [0, 0.05) is 18.3 Å². The highest BCUT2D eigenvalue weighted by Crippen LogP contribution is 2.29. The van der Waals surface area contributed by atoms with Crippen molar-refractivity contribution in [3.63, 3.8) is 0 Å². The molecule has 2 amide bonds. The molecule has 0 aliphatic rings. The number of benzene rings is 2. The Labute approximate surface area is 175 Å². The van der Waals surface area contributed by atoms with Gasteiger partial charge in [-0.05, 0) is 63.2 Å². The van der Waals surface area contributed by atoms with E-state index in [1.54, 1.807) is 36.4 Å². The molecule has 2 aromatic rings. The highest BCUT2D eigenvalue weighted by molar-refractivity contribution is 5.98. The SMILES string of the molecule is COc1cc(C(=O)OC(C)C(=O)Nc2ccc(NC(C)=O)cc2)ccc1OC(C)C. The molecule has 2 aromatic carbocycles. The molecule has 1 unspecified atom stereocenters. The lowest BCUT2D eigenvalue weighted by Crippen LogP contribution is -2.30.